The average molecular weight is 401 g/mol. The van der Waals surface area contributed by atoms with Crippen molar-refractivity contribution < 1.29 is 24.1 Å². The molecule has 0 heterocycles. The van der Waals surface area contributed by atoms with E-state index < -0.39 is 4.92 Å². The Morgan fingerprint density at radius 3 is 2.28 bits per heavy atom. The maximum atomic E-state index is 12.3. The van der Waals surface area contributed by atoms with E-state index in [0.717, 1.165) is 17.7 Å². The number of benzene rings is 2. The van der Waals surface area contributed by atoms with Gasteiger partial charge in [0.05, 0.1) is 24.8 Å². The van der Waals surface area contributed by atoms with E-state index in [4.69, 9.17) is 4.74 Å². The van der Waals surface area contributed by atoms with E-state index in [0.29, 0.717) is 10.6 Å². The van der Waals surface area contributed by atoms with Gasteiger partial charge in [0, 0.05) is 17.8 Å². The Morgan fingerprint density at radius 2 is 1.69 bits per heavy atom. The van der Waals surface area contributed by atoms with Crippen molar-refractivity contribution in [2.45, 2.75) is 13.3 Å². The van der Waals surface area contributed by atoms with Gasteiger partial charge in [0.2, 0.25) is 0 Å². The van der Waals surface area contributed by atoms with Gasteiger partial charge in [-0.2, -0.15) is 0 Å². The van der Waals surface area contributed by atoms with E-state index >= 15 is 0 Å². The van der Waals surface area contributed by atoms with Gasteiger partial charge in [0.25, 0.3) is 17.5 Å². The zero-order valence-electron chi connectivity index (χ0n) is 16.7. The summed E-state index contributed by atoms with van der Waals surface area (Å²) in [5, 5.41) is 16.4. The van der Waals surface area contributed by atoms with E-state index in [1.165, 1.54) is 25.3 Å². The molecule has 3 N–H and O–H groups in total. The van der Waals surface area contributed by atoms with E-state index in [1.54, 1.807) is 7.05 Å². The van der Waals surface area contributed by atoms with Crippen LogP contribution in [0.5, 0.6) is 5.75 Å². The zero-order valence-corrected chi connectivity index (χ0v) is 16.7. The maximum absolute atomic E-state index is 12.3. The van der Waals surface area contributed by atoms with Gasteiger partial charge in [0.15, 0.2) is 13.1 Å². The number of hydrogen-bond donors (Lipinski definition) is 3. The highest BCUT2D eigenvalue weighted by atomic mass is 16.6. The first-order valence-electron chi connectivity index (χ1n) is 9.15. The van der Waals surface area contributed by atoms with Crippen LogP contribution in [0.15, 0.2) is 42.5 Å². The minimum absolute atomic E-state index is 0.00862. The summed E-state index contributed by atoms with van der Waals surface area (Å²) in [5.41, 5.74) is 1.85. The number of carbonyl (C=O) groups is 2. The number of amides is 2. The van der Waals surface area contributed by atoms with Gasteiger partial charge in [-0.05, 0) is 24.1 Å². The van der Waals surface area contributed by atoms with Crippen molar-refractivity contribution in [2.24, 2.45) is 0 Å². The van der Waals surface area contributed by atoms with Crippen molar-refractivity contribution in [2.75, 3.05) is 37.9 Å². The fourth-order valence-electron chi connectivity index (χ4n) is 2.86. The van der Waals surface area contributed by atoms with E-state index in [2.05, 4.69) is 10.6 Å². The fraction of sp³-hybridized carbons (Fsp3) is 0.300. The summed E-state index contributed by atoms with van der Waals surface area (Å²) in [5.74, 6) is -0.275. The number of carbonyl (C=O) groups excluding carboxylic acids is 2. The van der Waals surface area contributed by atoms with Crippen LogP contribution in [0.25, 0.3) is 0 Å². The van der Waals surface area contributed by atoms with Crippen LogP contribution < -0.4 is 20.3 Å². The number of hydrogen-bond acceptors (Lipinski definition) is 5. The lowest BCUT2D eigenvalue weighted by Gasteiger charge is -2.15. The smallest absolute Gasteiger partial charge is 0.279 e. The Bertz CT molecular complexity index is 900. The first-order chi connectivity index (χ1) is 13.8. The molecule has 2 aromatic rings. The lowest BCUT2D eigenvalue weighted by molar-refractivity contribution is -0.862. The predicted octanol–water partition coefficient (Wildman–Crippen LogP) is 1.26. The topological polar surface area (TPSA) is 115 Å². The zero-order chi connectivity index (χ0) is 21.4. The van der Waals surface area contributed by atoms with Gasteiger partial charge in [0.1, 0.15) is 5.75 Å². The first kappa shape index (κ1) is 21.8. The number of nitrogens with one attached hydrogen (secondary N) is 3. The number of rotatable bonds is 9. The minimum atomic E-state index is -0.551. The second kappa shape index (κ2) is 10.2. The van der Waals surface area contributed by atoms with Crippen molar-refractivity contribution in [1.29, 1.82) is 0 Å². The minimum Gasteiger partial charge on any atom is -0.495 e. The number of non-ortho nitro benzene ring substituents is 1. The summed E-state index contributed by atoms with van der Waals surface area (Å²) in [7, 11) is 3.13. The number of nitro benzene ring substituents is 1. The molecule has 0 fully saturated rings. The number of ether oxygens (including phenoxy) is 1. The van der Waals surface area contributed by atoms with E-state index in [1.807, 2.05) is 31.2 Å². The molecule has 0 aliphatic heterocycles. The number of aryl methyl sites for hydroxylation is 1. The highest BCUT2D eigenvalue weighted by Crippen LogP contribution is 2.28. The van der Waals surface area contributed by atoms with Gasteiger partial charge < -0.3 is 20.3 Å². The largest absolute Gasteiger partial charge is 0.495 e. The third kappa shape index (κ3) is 6.28. The quantitative estimate of drug-likeness (QED) is 0.432. The highest BCUT2D eigenvalue weighted by molar-refractivity contribution is 5.94. The average Bonchev–Trinajstić information content (AvgIpc) is 2.67. The van der Waals surface area contributed by atoms with Crippen LogP contribution in [-0.4, -0.2) is 44.0 Å². The molecule has 0 aromatic heterocycles. The predicted molar refractivity (Wildman–Crippen MR) is 109 cm³/mol. The molecular weight excluding hydrogens is 376 g/mol. The van der Waals surface area contributed by atoms with Crippen molar-refractivity contribution in [3.8, 4) is 5.75 Å². The number of methoxy groups -OCH3 is 1. The van der Waals surface area contributed by atoms with Gasteiger partial charge in [-0.25, -0.2) is 0 Å². The summed E-state index contributed by atoms with van der Waals surface area (Å²) in [6, 6.07) is 11.5. The second-order valence-corrected chi connectivity index (χ2v) is 6.56. The number of anilines is 2. The number of nitrogens with zero attached hydrogens (tertiary/aromatic N) is 1. The fourth-order valence-corrected chi connectivity index (χ4v) is 2.86. The molecule has 2 aromatic carbocycles. The van der Waals surface area contributed by atoms with Crippen molar-refractivity contribution in [1.82, 2.24) is 0 Å². The normalized spacial score (nSPS) is 11.4. The van der Waals surface area contributed by atoms with Crippen LogP contribution in [0.4, 0.5) is 17.1 Å². The Balaban J connectivity index is 1.94. The number of para-hydroxylation sites is 1. The number of quaternary nitrogens is 1. The Kier molecular flexibility index (Phi) is 7.67. The second-order valence-electron chi connectivity index (χ2n) is 6.56. The summed E-state index contributed by atoms with van der Waals surface area (Å²) >= 11 is 0. The van der Waals surface area contributed by atoms with Gasteiger partial charge in [-0.3, -0.25) is 19.7 Å². The monoisotopic (exact) mass is 401 g/mol. The van der Waals surface area contributed by atoms with Crippen LogP contribution in [0.1, 0.15) is 12.5 Å². The molecule has 2 rings (SSSR count). The summed E-state index contributed by atoms with van der Waals surface area (Å²) in [4.78, 5) is 35.7. The molecule has 0 radical (unpaired) electrons. The van der Waals surface area contributed by atoms with Crippen LogP contribution in [0.3, 0.4) is 0 Å². The molecule has 2 amide bonds. The van der Waals surface area contributed by atoms with Crippen LogP contribution in [-0.2, 0) is 16.0 Å². The van der Waals surface area contributed by atoms with Crippen LogP contribution in [0, 0.1) is 10.1 Å². The maximum Gasteiger partial charge on any atom is 0.279 e. The van der Waals surface area contributed by atoms with Gasteiger partial charge in [-0.1, -0.05) is 25.1 Å². The molecule has 9 nitrogen and oxygen atoms in total. The van der Waals surface area contributed by atoms with Gasteiger partial charge in [-0.15, -0.1) is 0 Å². The number of likely N-dealkylation sites (N-methyl/N-ethyl adjacent to an activating group) is 1. The molecule has 1 atom stereocenters. The molecule has 0 aliphatic carbocycles. The summed E-state index contributed by atoms with van der Waals surface area (Å²) < 4.78 is 5.13. The highest BCUT2D eigenvalue weighted by Gasteiger charge is 2.18. The molecule has 0 saturated carbocycles. The Labute approximate surface area is 168 Å². The van der Waals surface area contributed by atoms with Crippen molar-refractivity contribution in [3.63, 3.8) is 0 Å². The molecular formula is C20H25N4O5+. The number of nitro groups is 1. The van der Waals surface area contributed by atoms with Crippen LogP contribution in [0.2, 0.25) is 0 Å². The van der Waals surface area contributed by atoms with E-state index in [-0.39, 0.29) is 36.3 Å². The molecule has 0 aliphatic rings. The third-order valence-corrected chi connectivity index (χ3v) is 4.26. The SMILES string of the molecule is CCc1ccccc1NC(=O)C[NH+](C)CC(=O)Nc1cc([N+](=O)[O-])ccc1OC. The summed E-state index contributed by atoms with van der Waals surface area (Å²) in [6.45, 7) is 2.11. The molecule has 0 bridgehead atoms. The Hall–Kier alpha value is -3.46. The lowest BCUT2D eigenvalue weighted by atomic mass is 10.1. The Morgan fingerprint density at radius 1 is 1.07 bits per heavy atom. The standard InChI is InChI=1S/C20H24N4O5/c1-4-14-7-5-6-8-16(14)21-19(25)12-23(2)13-20(26)22-17-11-15(24(27)28)9-10-18(17)29-3/h5-11H,4,12-13H2,1-3H3,(H,21,25)(H,22,26)/p+1. The molecule has 1 unspecified atom stereocenters. The molecule has 154 valence electrons. The van der Waals surface area contributed by atoms with Crippen molar-refractivity contribution >= 4 is 28.9 Å². The first-order valence-corrected chi connectivity index (χ1v) is 9.15. The summed E-state index contributed by atoms with van der Waals surface area (Å²) in [6.07, 6.45) is 0.798. The van der Waals surface area contributed by atoms with E-state index in [9.17, 15) is 19.7 Å². The van der Waals surface area contributed by atoms with Gasteiger partial charge >= 0.3 is 0 Å². The van der Waals surface area contributed by atoms with Crippen molar-refractivity contribution in [3.05, 3.63) is 58.1 Å². The van der Waals surface area contributed by atoms with Crippen LogP contribution >= 0.6 is 0 Å². The molecule has 0 spiro atoms. The molecule has 9 heteroatoms. The molecule has 29 heavy (non-hydrogen) atoms. The lowest BCUT2D eigenvalue weighted by Crippen LogP contribution is -3.11. The molecule has 0 saturated heterocycles. The third-order valence-electron chi connectivity index (χ3n) is 4.26.